The maximum absolute atomic E-state index is 15.6. The Morgan fingerprint density at radius 3 is 2.45 bits per heavy atom. The van der Waals surface area contributed by atoms with Crippen LogP contribution in [0.4, 0.5) is 14.5 Å². The molecule has 3 aromatic rings. The molecule has 4 atom stereocenters. The second-order valence-corrected chi connectivity index (χ2v) is 15.0. The molecule has 0 spiro atoms. The summed E-state index contributed by atoms with van der Waals surface area (Å²) in [6.45, 7) is 9.23. The summed E-state index contributed by atoms with van der Waals surface area (Å²) in [6, 6.07) is 10.6. The van der Waals surface area contributed by atoms with Crippen LogP contribution in [0.15, 0.2) is 42.6 Å². The first kappa shape index (κ1) is 35.8. The zero-order valence-corrected chi connectivity index (χ0v) is 29.9. The fourth-order valence-electron chi connectivity index (χ4n) is 8.29. The van der Waals surface area contributed by atoms with Gasteiger partial charge in [-0.25, -0.2) is 8.78 Å². The molecule has 1 aliphatic carbocycles. The number of anilines is 1. The smallest absolute Gasteiger partial charge is 0.257 e. The van der Waals surface area contributed by atoms with Gasteiger partial charge in [-0.15, -0.1) is 0 Å². The van der Waals surface area contributed by atoms with E-state index in [-0.39, 0.29) is 65.5 Å². The van der Waals surface area contributed by atoms with Crippen LogP contribution in [-0.4, -0.2) is 101 Å². The van der Waals surface area contributed by atoms with Crippen molar-refractivity contribution in [2.75, 3.05) is 44.8 Å². The molecule has 266 valence electrons. The number of amides is 2. The van der Waals surface area contributed by atoms with E-state index >= 15 is 4.39 Å². The van der Waals surface area contributed by atoms with E-state index in [1.54, 1.807) is 6.20 Å². The number of likely N-dealkylation sites (tertiary alicyclic amines) is 1. The number of ether oxygens (including phenoxy) is 1. The largest absolute Gasteiger partial charge is 0.376 e. The Morgan fingerprint density at radius 1 is 1.02 bits per heavy atom. The first-order valence-electron chi connectivity index (χ1n) is 17.8. The average molecular weight is 698 g/mol. The molecule has 1 saturated carbocycles. The number of hydrogen-bond donors (Lipinski definition) is 1. The van der Waals surface area contributed by atoms with Gasteiger partial charge in [-0.2, -0.15) is 0 Å². The minimum absolute atomic E-state index is 0.121. The van der Waals surface area contributed by atoms with E-state index in [1.165, 1.54) is 12.1 Å². The van der Waals surface area contributed by atoms with Crippen LogP contribution in [0.3, 0.4) is 0 Å². The highest BCUT2D eigenvalue weighted by molar-refractivity contribution is 6.34. The molecule has 1 aromatic heterocycles. The molecule has 0 radical (unpaired) electrons. The molecule has 6 rings (SSSR count). The predicted molar refractivity (Wildman–Crippen MR) is 190 cm³/mol. The van der Waals surface area contributed by atoms with Crippen molar-refractivity contribution in [3.8, 4) is 0 Å². The molecular weight excluding hydrogens is 648 g/mol. The Bertz CT molecular complexity index is 1630. The van der Waals surface area contributed by atoms with Crippen molar-refractivity contribution in [2.24, 2.45) is 13.0 Å². The van der Waals surface area contributed by atoms with E-state index in [0.717, 1.165) is 56.1 Å². The molecule has 49 heavy (non-hydrogen) atoms. The Balaban J connectivity index is 1.15. The van der Waals surface area contributed by atoms with Crippen molar-refractivity contribution in [3.05, 3.63) is 64.6 Å². The van der Waals surface area contributed by atoms with Crippen molar-refractivity contribution in [1.82, 2.24) is 19.3 Å². The minimum Gasteiger partial charge on any atom is -0.376 e. The van der Waals surface area contributed by atoms with Crippen LogP contribution in [0.1, 0.15) is 68.8 Å². The maximum atomic E-state index is 15.6. The molecule has 0 bridgehead atoms. The van der Waals surface area contributed by atoms with Crippen LogP contribution < -0.4 is 5.32 Å². The second-order valence-electron chi connectivity index (χ2n) is 14.6. The van der Waals surface area contributed by atoms with E-state index < -0.39 is 11.7 Å². The Morgan fingerprint density at radius 2 is 1.73 bits per heavy atom. The zero-order valence-electron chi connectivity index (χ0n) is 29.1. The molecule has 2 saturated heterocycles. The third-order valence-electron chi connectivity index (χ3n) is 11.1. The number of aromatic nitrogens is 1. The SMILES string of the molecule is CC1CCC(OC[C@@H]2C[C@H](N3C[C@@H](C)N(CCF)[C@@H](C)C3)CN2C(=O)Cc2cc(Cl)c(NC(=O)c3cn(C)c4ccccc34)cc2F)CC1. The normalized spacial score (nSPS) is 26.8. The number of alkyl halides is 1. The lowest BCUT2D eigenvalue weighted by atomic mass is 9.89. The number of carbonyl (C=O) groups is 2. The number of piperazine rings is 1. The number of nitrogens with one attached hydrogen (secondary N) is 1. The van der Waals surface area contributed by atoms with Crippen molar-refractivity contribution in [3.63, 3.8) is 0 Å². The molecule has 3 fully saturated rings. The lowest BCUT2D eigenvalue weighted by Crippen LogP contribution is -2.59. The molecule has 2 aliphatic heterocycles. The second kappa shape index (κ2) is 15.5. The number of para-hydroxylation sites is 1. The summed E-state index contributed by atoms with van der Waals surface area (Å²) in [7, 11) is 1.86. The quantitative estimate of drug-likeness (QED) is 0.256. The van der Waals surface area contributed by atoms with Crippen LogP contribution >= 0.6 is 11.6 Å². The fourth-order valence-corrected chi connectivity index (χ4v) is 8.53. The van der Waals surface area contributed by atoms with Crippen LogP contribution in [0.25, 0.3) is 10.9 Å². The highest BCUT2D eigenvalue weighted by atomic mass is 35.5. The number of nitrogens with zero attached hydrogens (tertiary/aromatic N) is 4. The summed E-state index contributed by atoms with van der Waals surface area (Å²) in [6.07, 6.45) is 6.93. The van der Waals surface area contributed by atoms with Crippen molar-refractivity contribution >= 4 is 40.0 Å². The first-order chi connectivity index (χ1) is 23.5. The third kappa shape index (κ3) is 7.98. The van der Waals surface area contributed by atoms with E-state index in [9.17, 15) is 14.0 Å². The van der Waals surface area contributed by atoms with Gasteiger partial charge in [-0.1, -0.05) is 36.7 Å². The highest BCUT2D eigenvalue weighted by Crippen LogP contribution is 2.32. The van der Waals surface area contributed by atoms with Crippen molar-refractivity contribution < 1.29 is 23.1 Å². The van der Waals surface area contributed by atoms with Gasteiger partial charge in [0.1, 0.15) is 12.5 Å². The molecule has 3 heterocycles. The number of rotatable bonds is 10. The van der Waals surface area contributed by atoms with E-state index in [0.29, 0.717) is 31.2 Å². The molecule has 2 aromatic carbocycles. The standard InChI is InChI=1S/C38H50ClF2N5O3/c1-24-9-11-30(12-10-24)49-23-29-17-28(44-19-25(2)45(14-13-40)26(3)20-44)21-46(29)37(47)16-27-15-33(39)35(18-34(27)41)42-38(48)32-22-43(4)36-8-6-5-7-31(32)36/h5-8,15,18,22,24-26,28-30H,9-14,16-17,19-21,23H2,1-4H3,(H,42,48)/t24?,25-,26+,28-,29-,30?/m0/s1. The van der Waals surface area contributed by atoms with Crippen LogP contribution in [0.5, 0.6) is 0 Å². The van der Waals surface area contributed by atoms with Gasteiger partial charge >= 0.3 is 0 Å². The lowest BCUT2D eigenvalue weighted by Gasteiger charge is -2.46. The molecular formula is C38H50ClF2N5O3. The summed E-state index contributed by atoms with van der Waals surface area (Å²) in [5, 5.41) is 3.71. The number of benzene rings is 2. The van der Waals surface area contributed by atoms with Crippen LogP contribution in [-0.2, 0) is 23.0 Å². The van der Waals surface area contributed by atoms with Gasteiger partial charge in [0.25, 0.3) is 5.91 Å². The Labute approximate surface area is 293 Å². The minimum atomic E-state index is -0.600. The van der Waals surface area contributed by atoms with Gasteiger partial charge in [-0.05, 0) is 75.6 Å². The van der Waals surface area contributed by atoms with Crippen LogP contribution in [0, 0.1) is 11.7 Å². The summed E-state index contributed by atoms with van der Waals surface area (Å²) in [4.78, 5) is 33.7. The predicted octanol–water partition coefficient (Wildman–Crippen LogP) is 6.69. The molecule has 11 heteroatoms. The van der Waals surface area contributed by atoms with E-state index in [2.05, 4.69) is 35.9 Å². The number of fused-ring (bicyclic) bond motifs is 1. The molecule has 0 unspecified atom stereocenters. The molecule has 2 amide bonds. The van der Waals surface area contributed by atoms with Crippen LogP contribution in [0.2, 0.25) is 5.02 Å². The van der Waals surface area contributed by atoms with Gasteiger partial charge in [0, 0.05) is 68.5 Å². The van der Waals surface area contributed by atoms with Gasteiger partial charge in [0.05, 0.1) is 41.4 Å². The van der Waals surface area contributed by atoms with Gasteiger partial charge in [-0.3, -0.25) is 19.4 Å². The Hall–Kier alpha value is -3.05. The summed E-state index contributed by atoms with van der Waals surface area (Å²) < 4.78 is 37.2. The lowest BCUT2D eigenvalue weighted by molar-refractivity contribution is -0.133. The van der Waals surface area contributed by atoms with Gasteiger partial charge in [0.2, 0.25) is 5.91 Å². The monoisotopic (exact) mass is 697 g/mol. The van der Waals surface area contributed by atoms with Crippen molar-refractivity contribution in [1.29, 1.82) is 0 Å². The number of carbonyl (C=O) groups excluding carboxylic acids is 2. The van der Waals surface area contributed by atoms with Gasteiger partial charge in [0.15, 0.2) is 0 Å². The maximum Gasteiger partial charge on any atom is 0.257 e. The van der Waals surface area contributed by atoms with E-state index in [1.807, 2.05) is 40.8 Å². The van der Waals surface area contributed by atoms with Gasteiger partial charge < -0.3 is 19.5 Å². The number of halogens is 3. The summed E-state index contributed by atoms with van der Waals surface area (Å²) >= 11 is 6.59. The summed E-state index contributed by atoms with van der Waals surface area (Å²) in [5.41, 5.74) is 1.70. The van der Waals surface area contributed by atoms with E-state index in [4.69, 9.17) is 16.3 Å². The molecule has 1 N–H and O–H groups in total. The Kier molecular flexibility index (Phi) is 11.3. The highest BCUT2D eigenvalue weighted by Gasteiger charge is 2.41. The molecule has 3 aliphatic rings. The zero-order chi connectivity index (χ0) is 34.8. The van der Waals surface area contributed by atoms with Crippen molar-refractivity contribution in [2.45, 2.75) is 89.6 Å². The molecule has 8 nitrogen and oxygen atoms in total. The topological polar surface area (TPSA) is 70.1 Å². The first-order valence-corrected chi connectivity index (χ1v) is 18.2. The average Bonchev–Trinajstić information content (AvgIpc) is 3.66. The number of aryl methyl sites for hydroxylation is 1. The fraction of sp³-hybridized carbons (Fsp3) is 0.579. The summed E-state index contributed by atoms with van der Waals surface area (Å²) in [5.74, 6) is -0.451. The third-order valence-corrected chi connectivity index (χ3v) is 11.4. The number of hydrogen-bond acceptors (Lipinski definition) is 5.